The van der Waals surface area contributed by atoms with E-state index in [1.807, 2.05) is 25.1 Å². The van der Waals surface area contributed by atoms with E-state index in [2.05, 4.69) is 19.1 Å². The Labute approximate surface area is 121 Å². The number of benzene rings is 1. The maximum atomic E-state index is 9.78. The zero-order valence-corrected chi connectivity index (χ0v) is 12.5. The Morgan fingerprint density at radius 1 is 1.30 bits per heavy atom. The molecule has 0 radical (unpaired) electrons. The van der Waals surface area contributed by atoms with Gasteiger partial charge in [-0.15, -0.1) is 0 Å². The van der Waals surface area contributed by atoms with Crippen molar-refractivity contribution < 1.29 is 14.6 Å². The molecule has 1 aromatic rings. The molecule has 0 aromatic heterocycles. The Morgan fingerprint density at radius 2 is 2.05 bits per heavy atom. The molecule has 1 N–H and O–H groups in total. The zero-order valence-electron chi connectivity index (χ0n) is 12.5. The molecule has 0 amide bonds. The van der Waals surface area contributed by atoms with E-state index in [9.17, 15) is 5.11 Å². The summed E-state index contributed by atoms with van der Waals surface area (Å²) in [7, 11) is 0. The predicted molar refractivity (Wildman–Crippen MR) is 79.5 cm³/mol. The van der Waals surface area contributed by atoms with Gasteiger partial charge in [-0.2, -0.15) is 0 Å². The quantitative estimate of drug-likeness (QED) is 0.868. The first kappa shape index (κ1) is 15.5. The SMILES string of the molecule is C[C@@H](COCc1ccccc1)C[C@H]1C[C@H](O)C[C@H](C)O1. The van der Waals surface area contributed by atoms with Crippen LogP contribution < -0.4 is 0 Å². The van der Waals surface area contributed by atoms with Gasteiger partial charge in [0.05, 0.1) is 24.9 Å². The normalized spacial score (nSPS) is 28.2. The van der Waals surface area contributed by atoms with Gasteiger partial charge in [-0.05, 0) is 37.7 Å². The van der Waals surface area contributed by atoms with Crippen molar-refractivity contribution in [3.63, 3.8) is 0 Å². The van der Waals surface area contributed by atoms with E-state index in [1.165, 1.54) is 5.56 Å². The average molecular weight is 278 g/mol. The highest BCUT2D eigenvalue weighted by Gasteiger charge is 2.26. The van der Waals surface area contributed by atoms with Gasteiger partial charge in [0, 0.05) is 6.61 Å². The molecule has 2 rings (SSSR count). The molecule has 112 valence electrons. The number of ether oxygens (including phenoxy) is 2. The molecule has 0 bridgehead atoms. The van der Waals surface area contributed by atoms with Crippen LogP contribution >= 0.6 is 0 Å². The van der Waals surface area contributed by atoms with Crippen molar-refractivity contribution in [1.29, 1.82) is 0 Å². The van der Waals surface area contributed by atoms with Gasteiger partial charge >= 0.3 is 0 Å². The summed E-state index contributed by atoms with van der Waals surface area (Å²) in [6, 6.07) is 10.2. The van der Waals surface area contributed by atoms with Crippen LogP contribution in [0.15, 0.2) is 30.3 Å². The van der Waals surface area contributed by atoms with E-state index < -0.39 is 0 Å². The Morgan fingerprint density at radius 3 is 2.75 bits per heavy atom. The Balaban J connectivity index is 1.66. The van der Waals surface area contributed by atoms with Crippen LogP contribution in [0, 0.1) is 5.92 Å². The molecule has 0 unspecified atom stereocenters. The van der Waals surface area contributed by atoms with E-state index >= 15 is 0 Å². The highest BCUT2D eigenvalue weighted by Crippen LogP contribution is 2.24. The highest BCUT2D eigenvalue weighted by molar-refractivity contribution is 5.13. The number of rotatable bonds is 6. The summed E-state index contributed by atoms with van der Waals surface area (Å²) < 4.78 is 11.6. The molecular formula is C17H26O3. The molecule has 1 heterocycles. The third-order valence-corrected chi connectivity index (χ3v) is 3.74. The molecule has 0 aliphatic carbocycles. The van der Waals surface area contributed by atoms with Gasteiger partial charge in [-0.1, -0.05) is 37.3 Å². The summed E-state index contributed by atoms with van der Waals surface area (Å²) in [6.07, 6.45) is 2.60. The minimum atomic E-state index is -0.207. The molecular weight excluding hydrogens is 252 g/mol. The second kappa shape index (κ2) is 7.77. The van der Waals surface area contributed by atoms with Crippen molar-refractivity contribution >= 4 is 0 Å². The summed E-state index contributed by atoms with van der Waals surface area (Å²) in [4.78, 5) is 0. The highest BCUT2D eigenvalue weighted by atomic mass is 16.5. The van der Waals surface area contributed by atoms with Crippen LogP contribution in [0.3, 0.4) is 0 Å². The lowest BCUT2D eigenvalue weighted by Crippen LogP contribution is -2.35. The predicted octanol–water partition coefficient (Wildman–Crippen LogP) is 3.16. The van der Waals surface area contributed by atoms with Gasteiger partial charge in [0.25, 0.3) is 0 Å². The molecule has 0 saturated carbocycles. The first-order valence-corrected chi connectivity index (χ1v) is 7.58. The fourth-order valence-corrected chi connectivity index (χ4v) is 2.84. The average Bonchev–Trinajstić information content (AvgIpc) is 2.38. The lowest BCUT2D eigenvalue weighted by Gasteiger charge is -2.32. The van der Waals surface area contributed by atoms with Crippen molar-refractivity contribution in [2.45, 2.75) is 58.0 Å². The molecule has 3 nitrogen and oxygen atoms in total. The van der Waals surface area contributed by atoms with Crippen molar-refractivity contribution in [3.05, 3.63) is 35.9 Å². The van der Waals surface area contributed by atoms with Crippen LogP contribution in [0.5, 0.6) is 0 Å². The van der Waals surface area contributed by atoms with Crippen LogP contribution in [0.1, 0.15) is 38.7 Å². The fraction of sp³-hybridized carbons (Fsp3) is 0.647. The van der Waals surface area contributed by atoms with E-state index in [0.717, 1.165) is 25.9 Å². The number of hydrogen-bond donors (Lipinski definition) is 1. The maximum absolute atomic E-state index is 9.78. The number of aliphatic hydroxyl groups excluding tert-OH is 1. The molecule has 3 heteroatoms. The molecule has 1 fully saturated rings. The summed E-state index contributed by atoms with van der Waals surface area (Å²) in [5.74, 6) is 0.446. The second-order valence-electron chi connectivity index (χ2n) is 6.04. The van der Waals surface area contributed by atoms with E-state index in [1.54, 1.807) is 0 Å². The molecule has 1 aliphatic rings. The van der Waals surface area contributed by atoms with Crippen molar-refractivity contribution in [2.75, 3.05) is 6.61 Å². The van der Waals surface area contributed by atoms with E-state index in [4.69, 9.17) is 9.47 Å². The minimum Gasteiger partial charge on any atom is -0.393 e. The monoisotopic (exact) mass is 278 g/mol. The van der Waals surface area contributed by atoms with Gasteiger partial charge in [-0.3, -0.25) is 0 Å². The van der Waals surface area contributed by atoms with Crippen LogP contribution in [-0.4, -0.2) is 30.0 Å². The van der Waals surface area contributed by atoms with Gasteiger partial charge < -0.3 is 14.6 Å². The first-order chi connectivity index (χ1) is 9.63. The fourth-order valence-electron chi connectivity index (χ4n) is 2.84. The lowest BCUT2D eigenvalue weighted by atomic mass is 9.95. The molecule has 1 aromatic carbocycles. The summed E-state index contributed by atoms with van der Waals surface area (Å²) in [5.41, 5.74) is 1.21. The van der Waals surface area contributed by atoms with Crippen molar-refractivity contribution in [3.8, 4) is 0 Å². The Bertz CT molecular complexity index is 369. The van der Waals surface area contributed by atoms with Crippen molar-refractivity contribution in [2.24, 2.45) is 5.92 Å². The second-order valence-corrected chi connectivity index (χ2v) is 6.04. The summed E-state index contributed by atoms with van der Waals surface area (Å²) in [5, 5.41) is 9.78. The smallest absolute Gasteiger partial charge is 0.0717 e. The molecule has 4 atom stereocenters. The third kappa shape index (κ3) is 5.23. The zero-order chi connectivity index (χ0) is 14.4. The lowest BCUT2D eigenvalue weighted by molar-refractivity contribution is -0.0974. The van der Waals surface area contributed by atoms with Crippen molar-refractivity contribution in [1.82, 2.24) is 0 Å². The Hall–Kier alpha value is -0.900. The van der Waals surface area contributed by atoms with E-state index in [0.29, 0.717) is 12.5 Å². The number of aliphatic hydroxyl groups is 1. The molecule has 1 aliphatic heterocycles. The number of hydrogen-bond acceptors (Lipinski definition) is 3. The largest absolute Gasteiger partial charge is 0.393 e. The third-order valence-electron chi connectivity index (χ3n) is 3.74. The minimum absolute atomic E-state index is 0.168. The van der Waals surface area contributed by atoms with Crippen LogP contribution in [0.4, 0.5) is 0 Å². The summed E-state index contributed by atoms with van der Waals surface area (Å²) in [6.45, 7) is 5.61. The van der Waals surface area contributed by atoms with Gasteiger partial charge in [-0.25, -0.2) is 0 Å². The van der Waals surface area contributed by atoms with E-state index in [-0.39, 0.29) is 18.3 Å². The molecule has 1 saturated heterocycles. The van der Waals surface area contributed by atoms with Crippen LogP contribution in [0.2, 0.25) is 0 Å². The standard InChI is InChI=1S/C17H26O3/c1-13(8-17-10-16(18)9-14(2)20-17)11-19-12-15-6-4-3-5-7-15/h3-7,13-14,16-18H,8-12H2,1-2H3/t13-,14+,16-,17+/m1/s1. The van der Waals surface area contributed by atoms with Crippen LogP contribution in [0.25, 0.3) is 0 Å². The molecule has 0 spiro atoms. The van der Waals surface area contributed by atoms with Gasteiger partial charge in [0.1, 0.15) is 0 Å². The molecule has 20 heavy (non-hydrogen) atoms. The topological polar surface area (TPSA) is 38.7 Å². The van der Waals surface area contributed by atoms with Gasteiger partial charge in [0.2, 0.25) is 0 Å². The van der Waals surface area contributed by atoms with Crippen LogP contribution in [-0.2, 0) is 16.1 Å². The Kier molecular flexibility index (Phi) is 6.02. The maximum Gasteiger partial charge on any atom is 0.0717 e. The first-order valence-electron chi connectivity index (χ1n) is 7.58. The van der Waals surface area contributed by atoms with Gasteiger partial charge in [0.15, 0.2) is 0 Å². The summed E-state index contributed by atoms with van der Waals surface area (Å²) >= 11 is 0.